The summed E-state index contributed by atoms with van der Waals surface area (Å²) in [6.07, 6.45) is 1.67. The van der Waals surface area contributed by atoms with E-state index in [9.17, 15) is 0 Å². The fourth-order valence-corrected chi connectivity index (χ4v) is 1.96. The fraction of sp³-hybridized carbons (Fsp3) is 1.00. The van der Waals surface area contributed by atoms with Crippen molar-refractivity contribution in [1.82, 2.24) is 5.32 Å². The molecule has 1 N–H and O–H groups in total. The van der Waals surface area contributed by atoms with Crippen LogP contribution in [-0.4, -0.2) is 24.8 Å². The van der Waals surface area contributed by atoms with Gasteiger partial charge in [-0.2, -0.15) is 0 Å². The molecule has 0 amide bonds. The maximum Gasteiger partial charge on any atom is 0.0934 e. The third-order valence-electron chi connectivity index (χ3n) is 2.18. The molecule has 78 valence electrons. The second kappa shape index (κ2) is 3.58. The predicted octanol–water partition coefficient (Wildman–Crippen LogP) is 2.19. The van der Waals surface area contributed by atoms with Crippen molar-refractivity contribution < 1.29 is 4.74 Å². The van der Waals surface area contributed by atoms with E-state index in [4.69, 9.17) is 4.74 Å². The van der Waals surface area contributed by atoms with Crippen molar-refractivity contribution >= 4 is 0 Å². The number of ether oxygens (including phenoxy) is 1. The van der Waals surface area contributed by atoms with Crippen molar-refractivity contribution in [3.63, 3.8) is 0 Å². The van der Waals surface area contributed by atoms with Crippen LogP contribution in [0.3, 0.4) is 0 Å². The third-order valence-corrected chi connectivity index (χ3v) is 2.18. The van der Waals surface area contributed by atoms with Gasteiger partial charge in [-0.1, -0.05) is 20.8 Å². The molecule has 0 bridgehead atoms. The standard InChI is InChI=1S/C11H23NO/c1-10(2,3)8-11(4,5)12-6-9-7-13-9/h9,12H,6-8H2,1-5H3. The van der Waals surface area contributed by atoms with Gasteiger partial charge in [-0.15, -0.1) is 0 Å². The summed E-state index contributed by atoms with van der Waals surface area (Å²) in [4.78, 5) is 0. The first-order valence-corrected chi connectivity index (χ1v) is 5.15. The van der Waals surface area contributed by atoms with E-state index in [2.05, 4.69) is 39.9 Å². The second-order valence-electron chi connectivity index (χ2n) is 5.96. The zero-order chi connectivity index (χ0) is 10.1. The average Bonchev–Trinajstić information content (AvgIpc) is 2.59. The molecule has 2 heteroatoms. The van der Waals surface area contributed by atoms with Gasteiger partial charge in [0.05, 0.1) is 12.7 Å². The molecule has 1 fully saturated rings. The Morgan fingerprint density at radius 3 is 2.15 bits per heavy atom. The van der Waals surface area contributed by atoms with E-state index in [1.165, 1.54) is 6.42 Å². The third kappa shape index (κ3) is 5.27. The Balaban J connectivity index is 2.26. The number of hydrogen-bond acceptors (Lipinski definition) is 2. The Morgan fingerprint density at radius 2 is 1.77 bits per heavy atom. The van der Waals surface area contributed by atoms with E-state index < -0.39 is 0 Å². The first kappa shape index (κ1) is 11.0. The van der Waals surface area contributed by atoms with Crippen molar-refractivity contribution in [3.8, 4) is 0 Å². The van der Waals surface area contributed by atoms with Crippen LogP contribution in [0, 0.1) is 5.41 Å². The van der Waals surface area contributed by atoms with E-state index in [-0.39, 0.29) is 5.54 Å². The maximum atomic E-state index is 5.17. The number of epoxide rings is 1. The molecule has 0 spiro atoms. The summed E-state index contributed by atoms with van der Waals surface area (Å²) in [6.45, 7) is 13.3. The van der Waals surface area contributed by atoms with Crippen LogP contribution >= 0.6 is 0 Å². The minimum atomic E-state index is 0.226. The average molecular weight is 185 g/mol. The Morgan fingerprint density at radius 1 is 1.23 bits per heavy atom. The van der Waals surface area contributed by atoms with Gasteiger partial charge in [-0.3, -0.25) is 0 Å². The molecular formula is C11H23NO. The first-order valence-electron chi connectivity index (χ1n) is 5.15. The monoisotopic (exact) mass is 185 g/mol. The topological polar surface area (TPSA) is 24.6 Å². The Kier molecular flexibility index (Phi) is 3.03. The van der Waals surface area contributed by atoms with Gasteiger partial charge in [-0.25, -0.2) is 0 Å². The van der Waals surface area contributed by atoms with Gasteiger partial charge in [0.25, 0.3) is 0 Å². The molecule has 1 atom stereocenters. The van der Waals surface area contributed by atoms with E-state index >= 15 is 0 Å². The van der Waals surface area contributed by atoms with Crippen LogP contribution in [0.15, 0.2) is 0 Å². The fourth-order valence-electron chi connectivity index (χ4n) is 1.96. The highest BCUT2D eigenvalue weighted by molar-refractivity contribution is 4.85. The van der Waals surface area contributed by atoms with Crippen LogP contribution in [0.1, 0.15) is 41.0 Å². The highest BCUT2D eigenvalue weighted by atomic mass is 16.6. The summed E-state index contributed by atoms with van der Waals surface area (Å²) in [7, 11) is 0. The SMILES string of the molecule is CC(C)(C)CC(C)(C)NCC1CO1. The normalized spacial score (nSPS) is 23.3. The lowest BCUT2D eigenvalue weighted by Gasteiger charge is -2.33. The zero-order valence-corrected chi connectivity index (χ0v) is 9.61. The molecule has 1 heterocycles. The van der Waals surface area contributed by atoms with Gasteiger partial charge in [0.1, 0.15) is 0 Å². The van der Waals surface area contributed by atoms with Crippen LogP contribution in [-0.2, 0) is 4.74 Å². The van der Waals surface area contributed by atoms with Crippen molar-refractivity contribution in [3.05, 3.63) is 0 Å². The number of hydrogen-bond donors (Lipinski definition) is 1. The number of rotatable bonds is 4. The summed E-state index contributed by atoms with van der Waals surface area (Å²) in [5.74, 6) is 0. The van der Waals surface area contributed by atoms with E-state index in [1.807, 2.05) is 0 Å². The van der Waals surface area contributed by atoms with Gasteiger partial charge >= 0.3 is 0 Å². The van der Waals surface area contributed by atoms with Crippen molar-refractivity contribution in [2.75, 3.05) is 13.2 Å². The first-order chi connectivity index (χ1) is 5.79. The molecule has 1 unspecified atom stereocenters. The summed E-state index contributed by atoms with van der Waals surface area (Å²) >= 11 is 0. The molecule has 1 saturated heterocycles. The van der Waals surface area contributed by atoms with Crippen molar-refractivity contribution in [2.24, 2.45) is 5.41 Å². The smallest absolute Gasteiger partial charge is 0.0934 e. The van der Waals surface area contributed by atoms with Gasteiger partial charge in [-0.05, 0) is 25.7 Å². The zero-order valence-electron chi connectivity index (χ0n) is 9.61. The Hall–Kier alpha value is -0.0800. The highest BCUT2D eigenvalue weighted by Gasteiger charge is 2.28. The molecule has 0 aromatic heterocycles. The summed E-state index contributed by atoms with van der Waals surface area (Å²) in [6, 6.07) is 0. The van der Waals surface area contributed by atoms with E-state index in [0.29, 0.717) is 11.5 Å². The molecule has 0 radical (unpaired) electrons. The van der Waals surface area contributed by atoms with Gasteiger partial charge < -0.3 is 10.1 Å². The predicted molar refractivity (Wildman–Crippen MR) is 55.9 cm³/mol. The van der Waals surface area contributed by atoms with Gasteiger partial charge in [0.2, 0.25) is 0 Å². The molecule has 1 aliphatic rings. The molecule has 13 heavy (non-hydrogen) atoms. The second-order valence-corrected chi connectivity index (χ2v) is 5.96. The molecule has 1 aliphatic heterocycles. The van der Waals surface area contributed by atoms with Crippen LogP contribution in [0.5, 0.6) is 0 Å². The maximum absolute atomic E-state index is 5.17. The molecular weight excluding hydrogens is 162 g/mol. The molecule has 2 nitrogen and oxygen atoms in total. The lowest BCUT2D eigenvalue weighted by atomic mass is 9.82. The summed E-state index contributed by atoms with van der Waals surface area (Å²) in [5, 5.41) is 3.55. The van der Waals surface area contributed by atoms with Gasteiger partial charge in [0.15, 0.2) is 0 Å². The van der Waals surface area contributed by atoms with Gasteiger partial charge in [0, 0.05) is 12.1 Å². The van der Waals surface area contributed by atoms with Crippen molar-refractivity contribution in [2.45, 2.75) is 52.7 Å². The van der Waals surface area contributed by atoms with Crippen LogP contribution in [0.4, 0.5) is 0 Å². The lowest BCUT2D eigenvalue weighted by Crippen LogP contribution is -2.44. The van der Waals surface area contributed by atoms with Crippen LogP contribution in [0.25, 0.3) is 0 Å². The lowest BCUT2D eigenvalue weighted by molar-refractivity contribution is 0.235. The Bertz CT molecular complexity index is 165. The van der Waals surface area contributed by atoms with Crippen LogP contribution < -0.4 is 5.32 Å². The van der Waals surface area contributed by atoms with Crippen LogP contribution in [0.2, 0.25) is 0 Å². The van der Waals surface area contributed by atoms with E-state index in [0.717, 1.165) is 13.2 Å². The molecule has 0 aromatic rings. The van der Waals surface area contributed by atoms with E-state index in [1.54, 1.807) is 0 Å². The van der Waals surface area contributed by atoms with Crippen molar-refractivity contribution in [1.29, 1.82) is 0 Å². The molecule has 0 saturated carbocycles. The summed E-state index contributed by atoms with van der Waals surface area (Å²) in [5.41, 5.74) is 0.616. The Labute approximate surface area is 82.0 Å². The summed E-state index contributed by atoms with van der Waals surface area (Å²) < 4.78 is 5.17. The molecule has 0 aromatic carbocycles. The molecule has 0 aliphatic carbocycles. The quantitative estimate of drug-likeness (QED) is 0.679. The minimum Gasteiger partial charge on any atom is -0.372 e. The number of nitrogens with one attached hydrogen (secondary N) is 1. The highest BCUT2D eigenvalue weighted by Crippen LogP contribution is 2.27. The molecule has 1 rings (SSSR count). The minimum absolute atomic E-state index is 0.226. The largest absolute Gasteiger partial charge is 0.372 e.